The number of carboxylic acids is 1. The molecule has 6 nitrogen and oxygen atoms in total. The zero-order valence-electron chi connectivity index (χ0n) is 15.8. The van der Waals surface area contributed by atoms with Crippen molar-refractivity contribution in [1.82, 2.24) is 10.2 Å². The highest BCUT2D eigenvalue weighted by Gasteiger charge is 2.40. The molecule has 2 aromatic rings. The summed E-state index contributed by atoms with van der Waals surface area (Å²) in [6, 6.07) is 15.4. The van der Waals surface area contributed by atoms with E-state index in [4.69, 9.17) is 4.74 Å². The summed E-state index contributed by atoms with van der Waals surface area (Å²) in [5, 5.41) is 12.7. The lowest BCUT2D eigenvalue weighted by Gasteiger charge is -2.22. The molecule has 0 radical (unpaired) electrons. The molecular formula is C22H24N2O4. The highest BCUT2D eigenvalue weighted by molar-refractivity contribution is 5.81. The summed E-state index contributed by atoms with van der Waals surface area (Å²) in [6.45, 7) is 3.24. The van der Waals surface area contributed by atoms with Gasteiger partial charge in [0.2, 0.25) is 0 Å². The Labute approximate surface area is 164 Å². The van der Waals surface area contributed by atoms with Gasteiger partial charge in [0.25, 0.3) is 0 Å². The van der Waals surface area contributed by atoms with Gasteiger partial charge in [0.1, 0.15) is 12.6 Å². The third-order valence-electron chi connectivity index (χ3n) is 5.65. The van der Waals surface area contributed by atoms with Crippen LogP contribution >= 0.6 is 0 Å². The topological polar surface area (TPSA) is 78.9 Å². The smallest absolute Gasteiger partial charge is 0.410 e. The van der Waals surface area contributed by atoms with Crippen molar-refractivity contribution in [3.8, 4) is 11.1 Å². The lowest BCUT2D eigenvalue weighted by molar-refractivity contribution is -0.141. The highest BCUT2D eigenvalue weighted by atomic mass is 16.6. The summed E-state index contributed by atoms with van der Waals surface area (Å²) in [5.74, 6) is -1.03. The molecule has 1 heterocycles. The number of nitrogens with one attached hydrogen (secondary N) is 1. The molecule has 0 unspecified atom stereocenters. The molecule has 28 heavy (non-hydrogen) atoms. The Bertz CT molecular complexity index is 852. The maximum Gasteiger partial charge on any atom is 0.410 e. The number of carboxylic acid groups (broad SMARTS) is 1. The van der Waals surface area contributed by atoms with Gasteiger partial charge < -0.3 is 15.2 Å². The molecule has 0 aromatic heterocycles. The van der Waals surface area contributed by atoms with Crippen molar-refractivity contribution in [2.24, 2.45) is 0 Å². The predicted molar refractivity (Wildman–Crippen MR) is 105 cm³/mol. The van der Waals surface area contributed by atoms with E-state index in [1.807, 2.05) is 31.2 Å². The summed E-state index contributed by atoms with van der Waals surface area (Å²) in [7, 11) is 0. The second-order valence-corrected chi connectivity index (χ2v) is 7.30. The number of fused-ring (bicyclic) bond motifs is 3. The van der Waals surface area contributed by atoms with E-state index in [2.05, 4.69) is 29.6 Å². The fourth-order valence-corrected chi connectivity index (χ4v) is 4.39. The number of likely N-dealkylation sites (tertiary alicyclic amines) is 1. The van der Waals surface area contributed by atoms with Crippen LogP contribution in [0, 0.1) is 0 Å². The molecule has 2 atom stereocenters. The summed E-state index contributed by atoms with van der Waals surface area (Å²) >= 11 is 0. The van der Waals surface area contributed by atoms with Crippen LogP contribution in [-0.2, 0) is 9.53 Å². The molecule has 2 aromatic carbocycles. The number of ether oxygens (including phenoxy) is 1. The zero-order valence-corrected chi connectivity index (χ0v) is 15.8. The molecule has 6 heteroatoms. The van der Waals surface area contributed by atoms with Crippen LogP contribution < -0.4 is 5.32 Å². The SMILES string of the molecule is CCN[C@@H]1C[C@@H](C(=O)O)N(C(=O)OCC2c3ccccc3-c3ccccc32)C1. The summed E-state index contributed by atoms with van der Waals surface area (Å²) < 4.78 is 5.63. The van der Waals surface area contributed by atoms with Crippen molar-refractivity contribution in [3.05, 3.63) is 59.7 Å². The number of nitrogens with zero attached hydrogens (tertiary/aromatic N) is 1. The highest BCUT2D eigenvalue weighted by Crippen LogP contribution is 2.44. The molecule has 0 bridgehead atoms. The van der Waals surface area contributed by atoms with Crippen LogP contribution in [0.2, 0.25) is 0 Å². The van der Waals surface area contributed by atoms with E-state index in [1.54, 1.807) is 0 Å². The number of rotatable bonds is 5. The van der Waals surface area contributed by atoms with Gasteiger partial charge in [-0.2, -0.15) is 0 Å². The maximum atomic E-state index is 12.7. The van der Waals surface area contributed by atoms with E-state index in [0.29, 0.717) is 13.0 Å². The second kappa shape index (κ2) is 7.64. The van der Waals surface area contributed by atoms with Gasteiger partial charge in [-0.15, -0.1) is 0 Å². The Kier molecular flexibility index (Phi) is 5.05. The van der Waals surface area contributed by atoms with Crippen molar-refractivity contribution < 1.29 is 19.4 Å². The minimum absolute atomic E-state index is 0.0217. The molecule has 1 amide bonds. The van der Waals surface area contributed by atoms with Gasteiger partial charge in [-0.1, -0.05) is 55.5 Å². The molecule has 2 aliphatic rings. The normalized spacial score (nSPS) is 20.7. The van der Waals surface area contributed by atoms with Crippen LogP contribution in [0.4, 0.5) is 4.79 Å². The number of carbonyl (C=O) groups excluding carboxylic acids is 1. The first kappa shape index (κ1) is 18.5. The quantitative estimate of drug-likeness (QED) is 0.833. The number of benzene rings is 2. The Morgan fingerprint density at radius 3 is 2.29 bits per heavy atom. The first-order valence-corrected chi connectivity index (χ1v) is 9.68. The van der Waals surface area contributed by atoms with Crippen LogP contribution in [0.5, 0.6) is 0 Å². The van der Waals surface area contributed by atoms with Crippen LogP contribution in [-0.4, -0.2) is 53.8 Å². The predicted octanol–water partition coefficient (Wildman–Crippen LogP) is 3.07. The van der Waals surface area contributed by atoms with Crippen molar-refractivity contribution in [2.45, 2.75) is 31.3 Å². The van der Waals surface area contributed by atoms with E-state index in [9.17, 15) is 14.7 Å². The third-order valence-corrected chi connectivity index (χ3v) is 5.65. The fraction of sp³-hybridized carbons (Fsp3) is 0.364. The van der Waals surface area contributed by atoms with Gasteiger partial charge in [-0.25, -0.2) is 9.59 Å². The standard InChI is InChI=1S/C22H24N2O4/c1-2-23-14-11-20(21(25)26)24(12-14)22(27)28-13-19-17-9-5-3-7-15(17)16-8-4-6-10-18(16)19/h3-10,14,19-20,23H,2,11-13H2,1H3,(H,25,26)/t14-,20+/m1/s1. The minimum atomic E-state index is -0.992. The molecule has 1 fully saturated rings. The molecule has 4 rings (SSSR count). The number of hydrogen-bond acceptors (Lipinski definition) is 4. The molecule has 1 saturated heterocycles. The Balaban J connectivity index is 1.50. The van der Waals surface area contributed by atoms with Gasteiger partial charge in [-0.05, 0) is 35.2 Å². The van der Waals surface area contributed by atoms with Crippen LogP contribution in [0.3, 0.4) is 0 Å². The number of aliphatic carboxylic acids is 1. The molecule has 0 saturated carbocycles. The van der Waals surface area contributed by atoms with Gasteiger partial charge in [0, 0.05) is 18.5 Å². The summed E-state index contributed by atoms with van der Waals surface area (Å²) in [5.41, 5.74) is 4.60. The first-order chi connectivity index (χ1) is 13.6. The Morgan fingerprint density at radius 2 is 1.71 bits per heavy atom. The van der Waals surface area contributed by atoms with Crippen molar-refractivity contribution in [1.29, 1.82) is 0 Å². The third kappa shape index (κ3) is 3.24. The van der Waals surface area contributed by atoms with Gasteiger partial charge in [0.05, 0.1) is 0 Å². The van der Waals surface area contributed by atoms with Crippen molar-refractivity contribution in [3.63, 3.8) is 0 Å². The van der Waals surface area contributed by atoms with E-state index in [-0.39, 0.29) is 18.6 Å². The number of carbonyl (C=O) groups is 2. The van der Waals surface area contributed by atoms with Crippen LogP contribution in [0.1, 0.15) is 30.4 Å². The van der Waals surface area contributed by atoms with E-state index >= 15 is 0 Å². The van der Waals surface area contributed by atoms with Gasteiger partial charge >= 0.3 is 12.1 Å². The van der Waals surface area contributed by atoms with Gasteiger partial charge in [0.15, 0.2) is 0 Å². The molecule has 1 aliphatic carbocycles. The largest absolute Gasteiger partial charge is 0.480 e. The molecule has 2 N–H and O–H groups in total. The number of amides is 1. The average molecular weight is 380 g/mol. The Morgan fingerprint density at radius 1 is 1.11 bits per heavy atom. The Hall–Kier alpha value is -2.86. The van der Waals surface area contributed by atoms with E-state index in [1.165, 1.54) is 4.90 Å². The molecule has 1 aliphatic heterocycles. The second-order valence-electron chi connectivity index (χ2n) is 7.30. The lowest BCUT2D eigenvalue weighted by atomic mass is 9.98. The van der Waals surface area contributed by atoms with Crippen molar-refractivity contribution >= 4 is 12.1 Å². The van der Waals surface area contributed by atoms with Crippen LogP contribution in [0.15, 0.2) is 48.5 Å². The zero-order chi connectivity index (χ0) is 19.7. The van der Waals surface area contributed by atoms with E-state index in [0.717, 1.165) is 28.8 Å². The molecular weight excluding hydrogens is 356 g/mol. The number of likely N-dealkylation sites (N-methyl/N-ethyl adjacent to an activating group) is 1. The van der Waals surface area contributed by atoms with Crippen molar-refractivity contribution in [2.75, 3.05) is 19.7 Å². The monoisotopic (exact) mass is 380 g/mol. The first-order valence-electron chi connectivity index (χ1n) is 9.68. The van der Waals surface area contributed by atoms with Crippen LogP contribution in [0.25, 0.3) is 11.1 Å². The lowest BCUT2D eigenvalue weighted by Crippen LogP contribution is -2.41. The van der Waals surface area contributed by atoms with E-state index < -0.39 is 18.1 Å². The summed E-state index contributed by atoms with van der Waals surface area (Å²) in [6.07, 6.45) is -0.164. The minimum Gasteiger partial charge on any atom is -0.480 e. The molecule has 0 spiro atoms. The van der Waals surface area contributed by atoms with Gasteiger partial charge in [-0.3, -0.25) is 4.90 Å². The summed E-state index contributed by atoms with van der Waals surface area (Å²) in [4.78, 5) is 25.6. The average Bonchev–Trinajstić information content (AvgIpc) is 3.26. The fourth-order valence-electron chi connectivity index (χ4n) is 4.39. The maximum absolute atomic E-state index is 12.7. The number of hydrogen-bond donors (Lipinski definition) is 2. The molecule has 146 valence electrons.